The molecule has 0 bridgehead atoms. The van der Waals surface area contributed by atoms with Gasteiger partial charge in [0.25, 0.3) is 0 Å². The molecule has 1 saturated heterocycles. The molecule has 3 aromatic rings. The van der Waals surface area contributed by atoms with Crippen molar-refractivity contribution in [2.24, 2.45) is 0 Å². The first-order chi connectivity index (χ1) is 16.2. The number of anilines is 3. The molecule has 1 fully saturated rings. The lowest BCUT2D eigenvalue weighted by Crippen LogP contribution is -2.41. The average molecular weight is 500 g/mol. The van der Waals surface area contributed by atoms with Crippen LogP contribution in [0.5, 0.6) is 0 Å². The topological polar surface area (TPSA) is 87.7 Å². The number of nitrogens with zero attached hydrogens (tertiary/aromatic N) is 4. The van der Waals surface area contributed by atoms with Crippen LogP contribution < -0.4 is 10.2 Å². The van der Waals surface area contributed by atoms with E-state index in [1.54, 1.807) is 16.7 Å². The van der Waals surface area contributed by atoms with E-state index in [-0.39, 0.29) is 17.6 Å². The number of nitrogens with one attached hydrogen (secondary N) is 1. The number of amides is 2. The zero-order chi connectivity index (χ0) is 22.6. The Balaban J connectivity index is 1.22. The highest BCUT2D eigenvalue weighted by Gasteiger charge is 2.28. The zero-order valence-electron chi connectivity index (χ0n) is 17.6. The third kappa shape index (κ3) is 5.22. The van der Waals surface area contributed by atoms with Crippen molar-refractivity contribution in [2.75, 3.05) is 48.8 Å². The standard InChI is InChI=1S/C22H21N5O3S3/c28-19(13-26-9-11-30-12-10-26)23-21-24-25-22(33-21)31-14-20(29)27-15-5-1-3-7-17(15)32-18-8-4-2-6-16(18)27/h1-8H,9-14H2,(H,23,24,28). The lowest BCUT2D eigenvalue weighted by Gasteiger charge is -2.30. The minimum absolute atomic E-state index is 0.0340. The fourth-order valence-electron chi connectivity index (χ4n) is 3.60. The van der Waals surface area contributed by atoms with Crippen LogP contribution in [0.2, 0.25) is 0 Å². The highest BCUT2D eigenvalue weighted by molar-refractivity contribution is 8.01. The molecule has 170 valence electrons. The van der Waals surface area contributed by atoms with Crippen LogP contribution >= 0.6 is 34.9 Å². The lowest BCUT2D eigenvalue weighted by atomic mass is 10.2. The van der Waals surface area contributed by atoms with Crippen molar-refractivity contribution in [1.82, 2.24) is 15.1 Å². The predicted octanol–water partition coefficient (Wildman–Crippen LogP) is 3.73. The van der Waals surface area contributed by atoms with E-state index in [0.717, 1.165) is 34.3 Å². The molecule has 0 atom stereocenters. The molecule has 11 heteroatoms. The maximum atomic E-state index is 13.3. The molecule has 0 radical (unpaired) electrons. The van der Waals surface area contributed by atoms with E-state index >= 15 is 0 Å². The summed E-state index contributed by atoms with van der Waals surface area (Å²) in [6.07, 6.45) is 0. The van der Waals surface area contributed by atoms with Crippen molar-refractivity contribution in [3.8, 4) is 0 Å². The van der Waals surface area contributed by atoms with Crippen LogP contribution in [-0.4, -0.2) is 65.5 Å². The normalized spacial score (nSPS) is 15.6. The van der Waals surface area contributed by atoms with Crippen molar-refractivity contribution < 1.29 is 14.3 Å². The van der Waals surface area contributed by atoms with Gasteiger partial charge in [0.05, 0.1) is 36.9 Å². The predicted molar refractivity (Wildman–Crippen MR) is 131 cm³/mol. The largest absolute Gasteiger partial charge is 0.379 e. The molecule has 33 heavy (non-hydrogen) atoms. The summed E-state index contributed by atoms with van der Waals surface area (Å²) < 4.78 is 5.94. The van der Waals surface area contributed by atoms with Crippen molar-refractivity contribution in [3.05, 3.63) is 48.5 Å². The van der Waals surface area contributed by atoms with E-state index in [1.165, 1.54) is 23.1 Å². The van der Waals surface area contributed by atoms with Crippen LogP contribution in [0.4, 0.5) is 16.5 Å². The van der Waals surface area contributed by atoms with E-state index in [4.69, 9.17) is 4.74 Å². The van der Waals surface area contributed by atoms with Gasteiger partial charge in [-0.3, -0.25) is 24.7 Å². The number of aromatic nitrogens is 2. The van der Waals surface area contributed by atoms with Gasteiger partial charge in [0.2, 0.25) is 16.9 Å². The van der Waals surface area contributed by atoms with Crippen LogP contribution in [0.15, 0.2) is 62.7 Å². The van der Waals surface area contributed by atoms with Gasteiger partial charge in [-0.1, -0.05) is 59.1 Å². The first-order valence-corrected chi connectivity index (χ1v) is 13.0. The number of carbonyl (C=O) groups is 2. The van der Waals surface area contributed by atoms with Crippen molar-refractivity contribution >= 4 is 63.2 Å². The second kappa shape index (κ2) is 10.2. The van der Waals surface area contributed by atoms with Gasteiger partial charge < -0.3 is 4.74 Å². The van der Waals surface area contributed by atoms with E-state index in [1.807, 2.05) is 53.4 Å². The smallest absolute Gasteiger partial charge is 0.242 e. The Morgan fingerprint density at radius 2 is 1.67 bits per heavy atom. The monoisotopic (exact) mass is 499 g/mol. The van der Waals surface area contributed by atoms with Crippen LogP contribution in [0.3, 0.4) is 0 Å². The summed E-state index contributed by atoms with van der Waals surface area (Å²) in [7, 11) is 0. The molecule has 1 N–H and O–H groups in total. The first-order valence-electron chi connectivity index (χ1n) is 10.4. The third-order valence-electron chi connectivity index (χ3n) is 5.12. The highest BCUT2D eigenvalue weighted by atomic mass is 32.2. The number of morpholine rings is 1. The van der Waals surface area contributed by atoms with Crippen LogP contribution in [0.25, 0.3) is 0 Å². The first kappa shape index (κ1) is 22.4. The van der Waals surface area contributed by atoms with Crippen molar-refractivity contribution in [1.29, 1.82) is 0 Å². The quantitative estimate of drug-likeness (QED) is 0.406. The molecule has 0 unspecified atom stereocenters. The Hall–Kier alpha value is -2.44. The summed E-state index contributed by atoms with van der Waals surface area (Å²) in [6.45, 7) is 3.08. The van der Waals surface area contributed by atoms with E-state index in [9.17, 15) is 9.59 Å². The second-order valence-electron chi connectivity index (χ2n) is 7.37. The van der Waals surface area contributed by atoms with Gasteiger partial charge >= 0.3 is 0 Å². The molecule has 2 aliphatic rings. The number of hydrogen-bond acceptors (Lipinski definition) is 9. The highest BCUT2D eigenvalue weighted by Crippen LogP contribution is 2.48. The number of rotatable bonds is 6. The minimum Gasteiger partial charge on any atom is -0.379 e. The molecule has 0 spiro atoms. The van der Waals surface area contributed by atoms with Gasteiger partial charge in [0.1, 0.15) is 0 Å². The number of carbonyl (C=O) groups excluding carboxylic acids is 2. The average Bonchev–Trinajstić information content (AvgIpc) is 3.28. The van der Waals surface area contributed by atoms with E-state index < -0.39 is 0 Å². The lowest BCUT2D eigenvalue weighted by molar-refractivity contribution is -0.118. The Morgan fingerprint density at radius 1 is 1.00 bits per heavy atom. The summed E-state index contributed by atoms with van der Waals surface area (Å²) in [5.41, 5.74) is 1.78. The molecule has 2 aromatic carbocycles. The van der Waals surface area contributed by atoms with Gasteiger partial charge in [-0.25, -0.2) is 0 Å². The van der Waals surface area contributed by atoms with Gasteiger partial charge in [0.15, 0.2) is 4.34 Å². The van der Waals surface area contributed by atoms with Gasteiger partial charge in [-0.2, -0.15) is 0 Å². The van der Waals surface area contributed by atoms with Gasteiger partial charge in [0, 0.05) is 22.9 Å². The molecule has 2 aliphatic heterocycles. The summed E-state index contributed by atoms with van der Waals surface area (Å²) >= 11 is 4.27. The van der Waals surface area contributed by atoms with Crippen molar-refractivity contribution in [3.63, 3.8) is 0 Å². The van der Waals surface area contributed by atoms with Crippen LogP contribution in [0, 0.1) is 0 Å². The number of hydrogen-bond donors (Lipinski definition) is 1. The number of para-hydroxylation sites is 2. The molecule has 0 saturated carbocycles. The molecule has 5 rings (SSSR count). The van der Waals surface area contributed by atoms with Gasteiger partial charge in [-0.15, -0.1) is 10.2 Å². The van der Waals surface area contributed by atoms with Crippen LogP contribution in [0.1, 0.15) is 0 Å². The Morgan fingerprint density at radius 3 is 2.36 bits per heavy atom. The maximum Gasteiger partial charge on any atom is 0.242 e. The summed E-state index contributed by atoms with van der Waals surface area (Å²) in [6, 6.07) is 15.8. The minimum atomic E-state index is -0.125. The molecule has 8 nitrogen and oxygen atoms in total. The van der Waals surface area contributed by atoms with E-state index in [0.29, 0.717) is 29.2 Å². The zero-order valence-corrected chi connectivity index (χ0v) is 20.0. The fourth-order valence-corrected chi connectivity index (χ4v) is 6.28. The molecule has 3 heterocycles. The fraction of sp³-hybridized carbons (Fsp3) is 0.273. The Labute approximate surface area is 203 Å². The number of ether oxygens (including phenoxy) is 1. The second-order valence-corrected chi connectivity index (χ2v) is 10.6. The molecule has 1 aromatic heterocycles. The molecular weight excluding hydrogens is 478 g/mol. The van der Waals surface area contributed by atoms with Crippen LogP contribution in [-0.2, 0) is 14.3 Å². The molecular formula is C22H21N5O3S3. The number of thioether (sulfide) groups is 1. The summed E-state index contributed by atoms with van der Waals surface area (Å²) in [5.74, 6) is 0.0527. The SMILES string of the molecule is O=C(CN1CCOCC1)Nc1nnc(SCC(=O)N2c3ccccc3Sc3ccccc32)s1. The summed E-state index contributed by atoms with van der Waals surface area (Å²) in [5, 5.41) is 11.4. The van der Waals surface area contributed by atoms with E-state index in [2.05, 4.69) is 15.5 Å². The summed E-state index contributed by atoms with van der Waals surface area (Å²) in [4.78, 5) is 31.5. The number of fused-ring (bicyclic) bond motifs is 2. The van der Waals surface area contributed by atoms with Crippen molar-refractivity contribution in [2.45, 2.75) is 14.1 Å². The van der Waals surface area contributed by atoms with Gasteiger partial charge in [-0.05, 0) is 24.3 Å². The number of benzene rings is 2. The Bertz CT molecular complexity index is 1120. The maximum absolute atomic E-state index is 13.3. The third-order valence-corrected chi connectivity index (χ3v) is 8.21. The molecule has 2 amide bonds. The molecule has 0 aliphatic carbocycles. The Kier molecular flexibility index (Phi) is 6.93.